The molecule has 28 heavy (non-hydrogen) atoms. The number of aromatic nitrogens is 2. The van der Waals surface area contributed by atoms with E-state index in [1.807, 2.05) is 25.1 Å². The molecule has 1 aliphatic carbocycles. The molecule has 0 aliphatic heterocycles. The van der Waals surface area contributed by atoms with Gasteiger partial charge in [-0.2, -0.15) is 10.4 Å². The summed E-state index contributed by atoms with van der Waals surface area (Å²) in [5.41, 5.74) is 8.18. The van der Waals surface area contributed by atoms with E-state index in [2.05, 4.69) is 30.2 Å². The van der Waals surface area contributed by atoms with Gasteiger partial charge in [0.25, 0.3) is 0 Å². The third kappa shape index (κ3) is 4.44. The minimum Gasteiger partial charge on any atom is -0.494 e. The van der Waals surface area contributed by atoms with Crippen molar-refractivity contribution in [3.8, 4) is 17.7 Å². The Morgan fingerprint density at radius 3 is 2.82 bits per heavy atom. The number of hydrogen-bond acceptors (Lipinski definition) is 5. The summed E-state index contributed by atoms with van der Waals surface area (Å²) in [6, 6.07) is 9.24. The van der Waals surface area contributed by atoms with E-state index in [1.165, 1.54) is 0 Å². The molecule has 6 heteroatoms. The van der Waals surface area contributed by atoms with Crippen LogP contribution in [0, 0.1) is 17.2 Å². The van der Waals surface area contributed by atoms with Gasteiger partial charge in [-0.05, 0) is 55.2 Å². The van der Waals surface area contributed by atoms with E-state index in [0.29, 0.717) is 35.5 Å². The Hall–Kier alpha value is -3.46. The van der Waals surface area contributed by atoms with Gasteiger partial charge in [-0.1, -0.05) is 19.1 Å². The average molecular weight is 376 g/mol. The van der Waals surface area contributed by atoms with E-state index in [-0.39, 0.29) is 0 Å². The van der Waals surface area contributed by atoms with Gasteiger partial charge < -0.3 is 15.2 Å². The molecule has 3 rings (SSSR count). The van der Waals surface area contributed by atoms with Gasteiger partial charge in [0.15, 0.2) is 0 Å². The maximum atomic E-state index is 9.30. The Morgan fingerprint density at radius 2 is 2.14 bits per heavy atom. The number of aryl methyl sites for hydroxylation is 1. The number of nitrogen functional groups attached to an aromatic ring is 1. The Morgan fingerprint density at radius 1 is 1.32 bits per heavy atom. The Bertz CT molecular complexity index is 992. The highest BCUT2D eigenvalue weighted by molar-refractivity contribution is 5.79. The largest absolute Gasteiger partial charge is 0.494 e. The first-order valence-electron chi connectivity index (χ1n) is 9.25. The zero-order chi connectivity index (χ0) is 20.1. The van der Waals surface area contributed by atoms with Crippen LogP contribution in [0.2, 0.25) is 0 Å². The van der Waals surface area contributed by atoms with Gasteiger partial charge in [-0.3, -0.25) is 0 Å². The summed E-state index contributed by atoms with van der Waals surface area (Å²) in [5, 5.41) is 13.4. The van der Waals surface area contributed by atoms with Gasteiger partial charge >= 0.3 is 0 Å². The van der Waals surface area contributed by atoms with Crippen LogP contribution < -0.4 is 10.5 Å². The molecule has 0 saturated heterocycles. The second-order valence-electron chi connectivity index (χ2n) is 6.66. The van der Waals surface area contributed by atoms with Crippen LogP contribution in [0.1, 0.15) is 31.4 Å². The molecule has 0 fully saturated rings. The van der Waals surface area contributed by atoms with Crippen molar-refractivity contribution in [2.24, 2.45) is 13.0 Å². The molecule has 0 spiro atoms. The summed E-state index contributed by atoms with van der Waals surface area (Å²) in [7, 11) is 1.76. The molecule has 1 heterocycles. The van der Waals surface area contributed by atoms with E-state index in [9.17, 15) is 5.26 Å². The maximum Gasteiger partial charge on any atom is 0.219 e. The molecule has 0 bridgehead atoms. The third-order valence-electron chi connectivity index (χ3n) is 4.39. The first kappa shape index (κ1) is 19.3. The lowest BCUT2D eigenvalue weighted by Gasteiger charge is -2.15. The quantitative estimate of drug-likeness (QED) is 0.826. The molecule has 2 N–H and O–H groups in total. The van der Waals surface area contributed by atoms with Crippen LogP contribution in [-0.2, 0) is 11.8 Å². The molecule has 144 valence electrons. The summed E-state index contributed by atoms with van der Waals surface area (Å²) in [4.78, 5) is 0. The molecule has 0 saturated carbocycles. The maximum absolute atomic E-state index is 9.30. The lowest BCUT2D eigenvalue weighted by Crippen LogP contribution is -2.00. The van der Waals surface area contributed by atoms with E-state index < -0.39 is 0 Å². The minimum absolute atomic E-state index is 0.348. The zero-order valence-corrected chi connectivity index (χ0v) is 16.3. The number of nitrogens with two attached hydrogens (primary N) is 1. The molecule has 1 aliphatic rings. The van der Waals surface area contributed by atoms with E-state index in [1.54, 1.807) is 29.9 Å². The van der Waals surface area contributed by atoms with E-state index >= 15 is 0 Å². The van der Waals surface area contributed by atoms with Crippen LogP contribution in [0.5, 0.6) is 11.6 Å². The predicted molar refractivity (Wildman–Crippen MR) is 109 cm³/mol. The van der Waals surface area contributed by atoms with Crippen LogP contribution in [-0.4, -0.2) is 16.4 Å². The van der Waals surface area contributed by atoms with Crippen molar-refractivity contribution in [3.05, 3.63) is 65.5 Å². The first-order valence-corrected chi connectivity index (χ1v) is 9.25. The summed E-state index contributed by atoms with van der Waals surface area (Å²) >= 11 is 0. The molecule has 1 aromatic heterocycles. The van der Waals surface area contributed by atoms with Crippen molar-refractivity contribution < 1.29 is 9.47 Å². The summed E-state index contributed by atoms with van der Waals surface area (Å²) in [6.45, 7) is 4.75. The number of ether oxygens (including phenoxy) is 2. The lowest BCUT2D eigenvalue weighted by atomic mass is 9.96. The second-order valence-corrected chi connectivity index (χ2v) is 6.66. The highest BCUT2D eigenvalue weighted by Gasteiger charge is 2.14. The van der Waals surface area contributed by atoms with Crippen LogP contribution in [0.4, 0.5) is 5.82 Å². The smallest absolute Gasteiger partial charge is 0.219 e. The van der Waals surface area contributed by atoms with Crippen LogP contribution in [0.25, 0.3) is 5.57 Å². The van der Waals surface area contributed by atoms with Crippen molar-refractivity contribution in [1.82, 2.24) is 9.78 Å². The molecule has 1 atom stereocenters. The molecule has 1 aromatic carbocycles. The van der Waals surface area contributed by atoms with E-state index in [0.717, 1.165) is 23.3 Å². The molecule has 0 amide bonds. The second kappa shape index (κ2) is 8.49. The highest BCUT2D eigenvalue weighted by atomic mass is 16.5. The molecular formula is C22H24N4O2. The van der Waals surface area contributed by atoms with Gasteiger partial charge in [-0.15, -0.1) is 0 Å². The molecule has 0 unspecified atom stereocenters. The fourth-order valence-corrected chi connectivity index (χ4v) is 3.01. The Kier molecular flexibility index (Phi) is 5.85. The van der Waals surface area contributed by atoms with Crippen LogP contribution >= 0.6 is 0 Å². The third-order valence-corrected chi connectivity index (χ3v) is 4.39. The van der Waals surface area contributed by atoms with Gasteiger partial charge in [0.2, 0.25) is 5.88 Å². The summed E-state index contributed by atoms with van der Waals surface area (Å²) < 4.78 is 13.3. The summed E-state index contributed by atoms with van der Waals surface area (Å²) in [5.74, 6) is 2.67. The highest BCUT2D eigenvalue weighted by Crippen LogP contribution is 2.34. The zero-order valence-electron chi connectivity index (χ0n) is 16.3. The number of hydrogen-bond donors (Lipinski definition) is 1. The minimum atomic E-state index is 0.348. The van der Waals surface area contributed by atoms with Gasteiger partial charge in [0.1, 0.15) is 17.3 Å². The van der Waals surface area contributed by atoms with Gasteiger partial charge in [0.05, 0.1) is 18.2 Å². The predicted octanol–water partition coefficient (Wildman–Crippen LogP) is 4.57. The van der Waals surface area contributed by atoms with Crippen molar-refractivity contribution in [1.29, 1.82) is 5.26 Å². The number of nitriles is 1. The number of nitrogens with zero attached hydrogens (tertiary/aromatic N) is 3. The fraction of sp³-hybridized carbons (Fsp3) is 0.273. The molecule has 6 nitrogen and oxygen atoms in total. The Labute approximate surface area is 165 Å². The molecule has 0 radical (unpaired) electrons. The average Bonchev–Trinajstić information content (AvgIpc) is 2.97. The first-order chi connectivity index (χ1) is 13.5. The van der Waals surface area contributed by atoms with Crippen LogP contribution in [0.3, 0.4) is 0 Å². The lowest BCUT2D eigenvalue weighted by molar-refractivity contribution is 0.239. The number of anilines is 1. The summed E-state index contributed by atoms with van der Waals surface area (Å²) in [6.07, 6.45) is 9.15. The Balaban J connectivity index is 2.02. The number of rotatable bonds is 5. The topological polar surface area (TPSA) is 86.1 Å². The van der Waals surface area contributed by atoms with Gasteiger partial charge in [-0.25, -0.2) is 4.68 Å². The van der Waals surface area contributed by atoms with Gasteiger partial charge in [0, 0.05) is 18.7 Å². The standard InChI is InChI=1S/C22H24N4O2/c1-4-27-18-9-8-17(7-5-15(2)11-18)19-10-6-16(14-23)12-20(19)28-22-13-21(24)25-26(22)3/h6-13,15H,4-5H2,1-3H3,(H2,24,25)/b9-8-,17-7-,18-11+/t15-/m1/s1. The normalized spacial score (nSPS) is 21.3. The van der Waals surface area contributed by atoms with Crippen molar-refractivity contribution in [3.63, 3.8) is 0 Å². The monoisotopic (exact) mass is 376 g/mol. The molecule has 2 aromatic rings. The van der Waals surface area contributed by atoms with Crippen LogP contribution in [0.15, 0.2) is 54.3 Å². The van der Waals surface area contributed by atoms with Crippen molar-refractivity contribution in [2.45, 2.75) is 20.3 Å². The van der Waals surface area contributed by atoms with Crippen molar-refractivity contribution in [2.75, 3.05) is 12.3 Å². The molecular weight excluding hydrogens is 352 g/mol. The number of allylic oxidation sites excluding steroid dienone is 5. The van der Waals surface area contributed by atoms with Crippen molar-refractivity contribution >= 4 is 11.4 Å². The van der Waals surface area contributed by atoms with E-state index in [4.69, 9.17) is 15.2 Å². The number of benzene rings is 1. The SMILES string of the molecule is CCOC1=C/[C@H](C)C/C=C(c2ccc(C#N)cc2Oc2cc(N)nn2C)/C=C\1. The fourth-order valence-electron chi connectivity index (χ4n) is 3.01.